The van der Waals surface area contributed by atoms with Crippen LogP contribution in [0.4, 0.5) is 4.39 Å². The summed E-state index contributed by atoms with van der Waals surface area (Å²) in [6, 6.07) is 22.4. The molecule has 32 heavy (non-hydrogen) atoms. The number of aromatic amines is 1. The number of halogens is 1. The normalized spacial score (nSPS) is 11.7. The van der Waals surface area contributed by atoms with E-state index in [-0.39, 0.29) is 5.82 Å². The van der Waals surface area contributed by atoms with Gasteiger partial charge in [0.1, 0.15) is 23.5 Å². The molecule has 0 saturated heterocycles. The third-order valence-corrected chi connectivity index (χ3v) is 5.48. The number of H-pyrrole nitrogens is 1. The second-order valence-corrected chi connectivity index (χ2v) is 7.46. The molecule has 1 N–H and O–H groups in total. The number of ether oxygens (including phenoxy) is 1. The predicted octanol–water partition coefficient (Wildman–Crippen LogP) is 5.78. The van der Waals surface area contributed by atoms with Crippen molar-refractivity contribution in [2.45, 2.75) is 6.54 Å². The summed E-state index contributed by atoms with van der Waals surface area (Å²) >= 11 is 0. The van der Waals surface area contributed by atoms with Crippen LogP contribution in [0.3, 0.4) is 0 Å². The topological polar surface area (TPSA) is 66.6 Å². The van der Waals surface area contributed by atoms with Crippen LogP contribution < -0.4 is 4.74 Å². The molecule has 0 aliphatic rings. The molecule has 0 aliphatic carbocycles. The van der Waals surface area contributed by atoms with Gasteiger partial charge in [0.25, 0.3) is 0 Å². The summed E-state index contributed by atoms with van der Waals surface area (Å²) in [6.45, 7) is 0.396. The zero-order valence-electron chi connectivity index (χ0n) is 17.3. The highest BCUT2D eigenvalue weighted by Gasteiger charge is 2.13. The fraction of sp³-hybridized carbons (Fsp3) is 0.0769. The minimum absolute atomic E-state index is 0.238. The Balaban J connectivity index is 1.59. The maximum atomic E-state index is 14.2. The first-order valence-electron chi connectivity index (χ1n) is 10.1. The van der Waals surface area contributed by atoms with Gasteiger partial charge in [-0.15, -0.1) is 0 Å². The van der Waals surface area contributed by atoms with E-state index in [4.69, 9.17) is 4.74 Å². The Morgan fingerprint density at radius 2 is 1.97 bits per heavy atom. The molecule has 0 fully saturated rings. The van der Waals surface area contributed by atoms with Gasteiger partial charge in [-0.3, -0.25) is 0 Å². The number of hydrogen-bond acceptors (Lipinski definition) is 3. The quantitative estimate of drug-likeness (QED) is 0.365. The SMILES string of the molecule is COc1ccc2nc(/C(C#N)=C\c3cn(Cc4ccccc4F)c4ccccc34)[nH]c2c1. The highest BCUT2D eigenvalue weighted by Crippen LogP contribution is 2.28. The maximum absolute atomic E-state index is 14.2. The van der Waals surface area contributed by atoms with Crippen LogP contribution in [0.15, 0.2) is 72.9 Å². The Bertz CT molecular complexity index is 1520. The lowest BCUT2D eigenvalue weighted by molar-refractivity contribution is 0.415. The van der Waals surface area contributed by atoms with Crippen LogP contribution in [-0.4, -0.2) is 21.6 Å². The molecule has 5 rings (SSSR count). The van der Waals surface area contributed by atoms with Crippen molar-refractivity contribution in [3.8, 4) is 11.8 Å². The van der Waals surface area contributed by atoms with Crippen molar-refractivity contribution in [1.29, 1.82) is 5.26 Å². The first-order chi connectivity index (χ1) is 15.7. The molecular weight excluding hydrogens is 403 g/mol. The number of methoxy groups -OCH3 is 1. The summed E-state index contributed by atoms with van der Waals surface area (Å²) in [6.07, 6.45) is 3.76. The largest absolute Gasteiger partial charge is 0.497 e. The molecule has 0 atom stereocenters. The van der Waals surface area contributed by atoms with Crippen LogP contribution in [0, 0.1) is 17.1 Å². The molecule has 0 aliphatic heterocycles. The van der Waals surface area contributed by atoms with E-state index >= 15 is 0 Å². The van der Waals surface area contributed by atoms with Gasteiger partial charge in [0, 0.05) is 34.3 Å². The average molecular weight is 422 g/mol. The van der Waals surface area contributed by atoms with Crippen LogP contribution in [0.25, 0.3) is 33.6 Å². The lowest BCUT2D eigenvalue weighted by Crippen LogP contribution is -2.00. The molecule has 0 spiro atoms. The number of imidazole rings is 1. The number of aromatic nitrogens is 3. The van der Waals surface area contributed by atoms with Crippen molar-refractivity contribution >= 4 is 33.6 Å². The molecule has 6 heteroatoms. The van der Waals surface area contributed by atoms with Crippen LogP contribution in [0.2, 0.25) is 0 Å². The summed E-state index contributed by atoms with van der Waals surface area (Å²) in [7, 11) is 1.61. The van der Waals surface area contributed by atoms with Gasteiger partial charge in [0.15, 0.2) is 0 Å². The monoisotopic (exact) mass is 422 g/mol. The van der Waals surface area contributed by atoms with Gasteiger partial charge >= 0.3 is 0 Å². The maximum Gasteiger partial charge on any atom is 0.149 e. The molecule has 5 nitrogen and oxygen atoms in total. The Hall–Kier alpha value is -4.37. The van der Waals surface area contributed by atoms with Crippen LogP contribution >= 0.6 is 0 Å². The van der Waals surface area contributed by atoms with Gasteiger partial charge < -0.3 is 14.3 Å². The lowest BCUT2D eigenvalue weighted by atomic mass is 10.1. The Labute approximate surface area is 184 Å². The smallest absolute Gasteiger partial charge is 0.149 e. The molecule has 3 aromatic carbocycles. The molecular formula is C26H19FN4O. The van der Waals surface area contributed by atoms with E-state index in [1.807, 2.05) is 65.4 Å². The number of hydrogen-bond donors (Lipinski definition) is 1. The molecule has 156 valence electrons. The fourth-order valence-corrected chi connectivity index (χ4v) is 3.88. The van der Waals surface area contributed by atoms with E-state index in [1.54, 1.807) is 19.2 Å². The van der Waals surface area contributed by atoms with Crippen molar-refractivity contribution in [1.82, 2.24) is 14.5 Å². The van der Waals surface area contributed by atoms with Crippen molar-refractivity contribution in [3.05, 3.63) is 95.7 Å². The Morgan fingerprint density at radius 3 is 2.78 bits per heavy atom. The molecule has 5 aromatic rings. The number of fused-ring (bicyclic) bond motifs is 2. The fourth-order valence-electron chi connectivity index (χ4n) is 3.88. The molecule has 0 amide bonds. The predicted molar refractivity (Wildman–Crippen MR) is 124 cm³/mol. The highest BCUT2D eigenvalue weighted by atomic mass is 19.1. The first-order valence-corrected chi connectivity index (χ1v) is 10.1. The molecule has 0 saturated carbocycles. The van der Waals surface area contributed by atoms with Crippen molar-refractivity contribution in [2.24, 2.45) is 0 Å². The highest BCUT2D eigenvalue weighted by molar-refractivity contribution is 5.98. The zero-order chi connectivity index (χ0) is 22.1. The standard InChI is InChI=1S/C26H19FN4O/c1-32-20-10-11-23-24(13-20)30-26(29-23)18(14-28)12-19-16-31(25-9-5-3-7-21(19)25)15-17-6-2-4-8-22(17)27/h2-13,16H,15H2,1H3,(H,29,30)/b18-12-. The van der Waals surface area contributed by atoms with Crippen LogP contribution in [0.1, 0.15) is 17.0 Å². The Kier molecular flexibility index (Phi) is 4.92. The number of benzene rings is 3. The van der Waals surface area contributed by atoms with Crippen molar-refractivity contribution in [2.75, 3.05) is 7.11 Å². The van der Waals surface area contributed by atoms with Crippen molar-refractivity contribution in [3.63, 3.8) is 0 Å². The van der Waals surface area contributed by atoms with E-state index in [0.29, 0.717) is 29.3 Å². The second kappa shape index (κ2) is 8.05. The van der Waals surface area contributed by atoms with E-state index < -0.39 is 0 Å². The van der Waals surface area contributed by atoms with Gasteiger partial charge in [-0.1, -0.05) is 36.4 Å². The summed E-state index contributed by atoms with van der Waals surface area (Å²) in [4.78, 5) is 7.77. The number of nitrogens with one attached hydrogen (secondary N) is 1. The van der Waals surface area contributed by atoms with E-state index in [0.717, 1.165) is 27.5 Å². The van der Waals surface area contributed by atoms with Gasteiger partial charge in [-0.2, -0.15) is 5.26 Å². The number of para-hydroxylation sites is 1. The van der Waals surface area contributed by atoms with Gasteiger partial charge in [0.2, 0.25) is 0 Å². The minimum atomic E-state index is -0.238. The second-order valence-electron chi connectivity index (χ2n) is 7.46. The van der Waals surface area contributed by atoms with E-state index in [1.165, 1.54) is 6.07 Å². The summed E-state index contributed by atoms with van der Waals surface area (Å²) in [5.41, 5.74) is 4.40. The first kappa shape index (κ1) is 19.6. The van der Waals surface area contributed by atoms with E-state index in [9.17, 15) is 9.65 Å². The number of nitriles is 1. The summed E-state index contributed by atoms with van der Waals surface area (Å²) < 4.78 is 21.5. The Morgan fingerprint density at radius 1 is 1.16 bits per heavy atom. The minimum Gasteiger partial charge on any atom is -0.497 e. The summed E-state index contributed by atoms with van der Waals surface area (Å²) in [5, 5.41) is 10.8. The molecule has 0 bridgehead atoms. The van der Waals surface area contributed by atoms with Crippen LogP contribution in [-0.2, 0) is 6.54 Å². The van der Waals surface area contributed by atoms with E-state index in [2.05, 4.69) is 16.0 Å². The van der Waals surface area contributed by atoms with Gasteiger partial charge in [-0.25, -0.2) is 9.37 Å². The van der Waals surface area contributed by atoms with Gasteiger partial charge in [-0.05, 0) is 30.3 Å². The molecule has 2 aromatic heterocycles. The van der Waals surface area contributed by atoms with Crippen molar-refractivity contribution < 1.29 is 9.13 Å². The number of allylic oxidation sites excluding steroid dienone is 1. The summed E-state index contributed by atoms with van der Waals surface area (Å²) in [5.74, 6) is 0.964. The third-order valence-electron chi connectivity index (χ3n) is 5.48. The number of nitrogens with zero attached hydrogens (tertiary/aromatic N) is 3. The van der Waals surface area contributed by atoms with Gasteiger partial charge in [0.05, 0.1) is 30.3 Å². The number of rotatable bonds is 5. The molecule has 0 unspecified atom stereocenters. The third kappa shape index (κ3) is 3.50. The average Bonchev–Trinajstić information content (AvgIpc) is 3.40. The lowest BCUT2D eigenvalue weighted by Gasteiger charge is -2.06. The van der Waals surface area contributed by atoms with Crippen LogP contribution in [0.5, 0.6) is 5.75 Å². The zero-order valence-corrected chi connectivity index (χ0v) is 17.3. The molecule has 0 radical (unpaired) electrons. The molecule has 2 heterocycles.